The Balaban J connectivity index is 1.47. The summed E-state index contributed by atoms with van der Waals surface area (Å²) in [4.78, 5) is 18.0. The number of nitrogens with zero attached hydrogens (tertiary/aromatic N) is 1. The lowest BCUT2D eigenvalue weighted by atomic mass is 10.0. The molecule has 2 aromatic carbocycles. The largest absolute Gasteiger partial charge is 0.468 e. The number of carbonyl (C=O) groups is 1. The number of thiazole rings is 1. The zero-order valence-electron chi connectivity index (χ0n) is 14.6. The zero-order valence-corrected chi connectivity index (χ0v) is 17.0. The van der Waals surface area contributed by atoms with Crippen LogP contribution in [-0.2, 0) is 11.3 Å². The fraction of sp³-hybridized carbons (Fsp3) is 0.143. The van der Waals surface area contributed by atoms with E-state index in [-0.39, 0.29) is 12.6 Å². The van der Waals surface area contributed by atoms with Gasteiger partial charge in [0, 0.05) is 11.1 Å². The minimum absolute atomic E-state index is 0.0385. The summed E-state index contributed by atoms with van der Waals surface area (Å²) in [5.41, 5.74) is 6.23. The molecule has 1 aliphatic carbocycles. The number of benzene rings is 2. The molecule has 1 aliphatic rings. The highest BCUT2D eigenvalue weighted by Gasteiger charge is 2.31. The Morgan fingerprint density at radius 2 is 1.93 bits per heavy atom. The number of fused-ring (bicyclic) bond motifs is 1. The van der Waals surface area contributed by atoms with Crippen LogP contribution in [0.3, 0.4) is 0 Å². The average molecular weight is 442 g/mol. The molecule has 0 atom stereocenters. The molecule has 0 amide bonds. The highest BCUT2D eigenvalue weighted by Crippen LogP contribution is 2.43. The molecule has 0 bridgehead atoms. The second-order valence-corrected chi connectivity index (χ2v) is 7.74. The van der Waals surface area contributed by atoms with Crippen LogP contribution in [0.5, 0.6) is 5.75 Å². The van der Waals surface area contributed by atoms with E-state index in [1.54, 1.807) is 11.6 Å². The van der Waals surface area contributed by atoms with Gasteiger partial charge in [-0.15, -0.1) is 11.3 Å². The topological polar surface area (TPSA) is 48.4 Å². The van der Waals surface area contributed by atoms with Crippen LogP contribution in [0, 0.1) is 6.92 Å². The molecule has 4 nitrogen and oxygen atoms in total. The fourth-order valence-corrected chi connectivity index (χ4v) is 4.60. The summed E-state index contributed by atoms with van der Waals surface area (Å²) < 4.78 is 11.8. The van der Waals surface area contributed by atoms with E-state index in [0.717, 1.165) is 27.3 Å². The molecule has 0 saturated heterocycles. The number of allylic oxidation sites excluding steroid dienone is 1. The first-order valence-corrected chi connectivity index (χ1v) is 10.1. The molecule has 0 fully saturated rings. The maximum Gasteiger partial charge on any atom is 0.201 e. The van der Waals surface area contributed by atoms with Crippen molar-refractivity contribution in [3.05, 3.63) is 85.8 Å². The van der Waals surface area contributed by atoms with E-state index in [2.05, 4.69) is 20.9 Å². The number of rotatable bonds is 6. The van der Waals surface area contributed by atoms with Crippen LogP contribution in [0.1, 0.15) is 32.1 Å². The Kier molecular flexibility index (Phi) is 5.20. The predicted octanol–water partition coefficient (Wildman–Crippen LogP) is 5.36. The molecule has 0 unspecified atom stereocenters. The van der Waals surface area contributed by atoms with Crippen molar-refractivity contribution in [2.75, 3.05) is 6.79 Å². The molecule has 0 radical (unpaired) electrons. The summed E-state index contributed by atoms with van der Waals surface area (Å²) >= 11 is 5.00. The van der Waals surface area contributed by atoms with Gasteiger partial charge in [0.05, 0.1) is 27.2 Å². The Morgan fingerprint density at radius 3 is 2.67 bits per heavy atom. The van der Waals surface area contributed by atoms with Gasteiger partial charge in [-0.2, -0.15) is 0 Å². The van der Waals surface area contributed by atoms with Crippen molar-refractivity contribution in [1.82, 2.24) is 4.98 Å². The number of carbonyl (C=O) groups excluding carboxylic acids is 1. The summed E-state index contributed by atoms with van der Waals surface area (Å²) in [5, 5.41) is 0. The van der Waals surface area contributed by atoms with Gasteiger partial charge in [-0.3, -0.25) is 4.79 Å². The molecular formula is C21H16BrNO3S. The molecule has 0 aliphatic heterocycles. The molecule has 6 heteroatoms. The highest BCUT2D eigenvalue weighted by molar-refractivity contribution is 9.12. The number of aromatic nitrogens is 1. The molecule has 0 N–H and O–H groups in total. The SMILES string of the molecule is Cc1ncsc1C1=C(Br)C(=O)c2cc(OCOCc3ccccc3)ccc21. The smallest absolute Gasteiger partial charge is 0.201 e. The number of Topliss-reactive ketones (excluding diaryl/α,β-unsaturated/α-hetero) is 1. The standard InChI is InChI=1S/C21H16BrNO3S/c1-13-21(27-11-23-13)18-16-8-7-15(9-17(16)20(24)19(18)22)26-12-25-10-14-5-3-2-4-6-14/h2-9,11H,10,12H2,1H3. The number of aryl methyl sites for hydroxylation is 1. The van der Waals surface area contributed by atoms with Gasteiger partial charge in [-0.05, 0) is 52.2 Å². The molecule has 136 valence electrons. The van der Waals surface area contributed by atoms with Gasteiger partial charge >= 0.3 is 0 Å². The summed E-state index contributed by atoms with van der Waals surface area (Å²) in [6.45, 7) is 2.55. The monoisotopic (exact) mass is 441 g/mol. The van der Waals surface area contributed by atoms with E-state index in [4.69, 9.17) is 9.47 Å². The first-order valence-electron chi connectivity index (χ1n) is 8.39. The molecule has 27 heavy (non-hydrogen) atoms. The number of ether oxygens (including phenoxy) is 2. The van der Waals surface area contributed by atoms with Crippen LogP contribution in [0.15, 0.2) is 58.5 Å². The van der Waals surface area contributed by atoms with Gasteiger partial charge < -0.3 is 9.47 Å². The lowest BCUT2D eigenvalue weighted by molar-refractivity contribution is 0.00501. The summed E-state index contributed by atoms with van der Waals surface area (Å²) in [7, 11) is 0. The van der Waals surface area contributed by atoms with Crippen LogP contribution < -0.4 is 4.74 Å². The predicted molar refractivity (Wildman–Crippen MR) is 109 cm³/mol. The van der Waals surface area contributed by atoms with Gasteiger partial charge in [-0.1, -0.05) is 30.3 Å². The normalized spacial score (nSPS) is 13.2. The van der Waals surface area contributed by atoms with Crippen molar-refractivity contribution in [3.63, 3.8) is 0 Å². The van der Waals surface area contributed by atoms with Gasteiger partial charge in [0.15, 0.2) is 6.79 Å². The van der Waals surface area contributed by atoms with Crippen LogP contribution in [0.4, 0.5) is 0 Å². The molecule has 0 saturated carbocycles. The van der Waals surface area contributed by atoms with Crippen LogP contribution in [0.25, 0.3) is 5.57 Å². The van der Waals surface area contributed by atoms with E-state index >= 15 is 0 Å². The van der Waals surface area contributed by atoms with E-state index in [0.29, 0.717) is 22.4 Å². The Morgan fingerprint density at radius 1 is 1.11 bits per heavy atom. The third kappa shape index (κ3) is 3.60. The summed E-state index contributed by atoms with van der Waals surface area (Å²) in [5.74, 6) is 0.571. The molecular weight excluding hydrogens is 426 g/mol. The van der Waals surface area contributed by atoms with E-state index in [1.165, 1.54) is 11.3 Å². The average Bonchev–Trinajstić information content (AvgIpc) is 3.21. The second kappa shape index (κ2) is 7.76. The Hall–Kier alpha value is -2.28. The third-order valence-electron chi connectivity index (χ3n) is 4.32. The lowest BCUT2D eigenvalue weighted by Crippen LogP contribution is -2.04. The van der Waals surface area contributed by atoms with Gasteiger partial charge in [0.25, 0.3) is 0 Å². The van der Waals surface area contributed by atoms with Crippen molar-refractivity contribution >= 4 is 38.6 Å². The fourth-order valence-electron chi connectivity index (χ4n) is 2.98. The van der Waals surface area contributed by atoms with Gasteiger partial charge in [0.2, 0.25) is 5.78 Å². The second-order valence-electron chi connectivity index (χ2n) is 6.09. The zero-order chi connectivity index (χ0) is 18.8. The van der Waals surface area contributed by atoms with E-state index < -0.39 is 0 Å². The molecule has 1 aromatic heterocycles. The van der Waals surface area contributed by atoms with Crippen molar-refractivity contribution in [2.24, 2.45) is 0 Å². The minimum atomic E-state index is -0.0385. The van der Waals surface area contributed by atoms with Crippen LogP contribution >= 0.6 is 27.3 Å². The van der Waals surface area contributed by atoms with E-state index in [1.807, 2.05) is 49.4 Å². The summed E-state index contributed by atoms with van der Waals surface area (Å²) in [6, 6.07) is 15.5. The number of ketones is 1. The quantitative estimate of drug-likeness (QED) is 0.381. The summed E-state index contributed by atoms with van der Waals surface area (Å²) in [6.07, 6.45) is 0. The molecule has 0 spiro atoms. The number of halogens is 1. The first kappa shape index (κ1) is 18.1. The minimum Gasteiger partial charge on any atom is -0.468 e. The molecule has 4 rings (SSSR count). The lowest BCUT2D eigenvalue weighted by Gasteiger charge is -2.09. The van der Waals surface area contributed by atoms with Crippen LogP contribution in [0.2, 0.25) is 0 Å². The Bertz CT molecular complexity index is 1030. The van der Waals surface area contributed by atoms with Crippen molar-refractivity contribution in [2.45, 2.75) is 13.5 Å². The first-order chi connectivity index (χ1) is 13.1. The highest BCUT2D eigenvalue weighted by atomic mass is 79.9. The molecule has 1 heterocycles. The van der Waals surface area contributed by atoms with Gasteiger partial charge in [-0.25, -0.2) is 4.98 Å². The molecule has 3 aromatic rings. The third-order valence-corrected chi connectivity index (χ3v) is 6.02. The van der Waals surface area contributed by atoms with Crippen molar-refractivity contribution < 1.29 is 14.3 Å². The number of hydrogen-bond acceptors (Lipinski definition) is 5. The maximum absolute atomic E-state index is 12.7. The maximum atomic E-state index is 12.7. The Labute approximate surface area is 169 Å². The number of hydrogen-bond donors (Lipinski definition) is 0. The van der Waals surface area contributed by atoms with E-state index in [9.17, 15) is 4.79 Å². The van der Waals surface area contributed by atoms with Crippen molar-refractivity contribution in [3.8, 4) is 5.75 Å². The van der Waals surface area contributed by atoms with Crippen molar-refractivity contribution in [1.29, 1.82) is 0 Å². The van der Waals surface area contributed by atoms with Crippen LogP contribution in [-0.4, -0.2) is 17.6 Å². The van der Waals surface area contributed by atoms with Gasteiger partial charge in [0.1, 0.15) is 5.75 Å².